The Bertz CT molecular complexity index is 596. The first-order chi connectivity index (χ1) is 12.2. The quantitative estimate of drug-likeness (QED) is 0.335. The first kappa shape index (κ1) is 25.1. The average molecular weight is 544 g/mol. The fourth-order valence-corrected chi connectivity index (χ4v) is 5.39. The van der Waals surface area contributed by atoms with E-state index in [0.717, 1.165) is 31.2 Å². The van der Waals surface area contributed by atoms with Crippen molar-refractivity contribution in [2.45, 2.75) is 36.9 Å². The molecule has 0 amide bonds. The molecule has 0 saturated carbocycles. The lowest BCUT2D eigenvalue weighted by atomic mass is 9.98. The highest BCUT2D eigenvalue weighted by atomic mass is 127. The molecule has 0 aliphatic carbocycles. The van der Waals surface area contributed by atoms with E-state index in [1.807, 2.05) is 11.8 Å². The van der Waals surface area contributed by atoms with Gasteiger partial charge in [0.2, 0.25) is 0 Å². The molecule has 27 heavy (non-hydrogen) atoms. The fraction of sp³-hybridized carbons (Fsp3) is 0.933. The van der Waals surface area contributed by atoms with Gasteiger partial charge in [-0.25, -0.2) is 8.42 Å². The first-order valence-corrected chi connectivity index (χ1v) is 11.3. The maximum absolute atomic E-state index is 12.6. The number of piperidine rings is 1. The van der Waals surface area contributed by atoms with E-state index in [1.54, 1.807) is 7.05 Å². The summed E-state index contributed by atoms with van der Waals surface area (Å²) in [5.74, 6) is 1.99. The number of aliphatic imine (C=N–C) groups is 1. The highest BCUT2D eigenvalue weighted by Crippen LogP contribution is 2.30. The minimum atomic E-state index is -5.22. The van der Waals surface area contributed by atoms with E-state index in [4.69, 9.17) is 0 Å². The second-order valence-corrected chi connectivity index (χ2v) is 9.91. The summed E-state index contributed by atoms with van der Waals surface area (Å²) in [4.78, 5) is 6.53. The Balaban J connectivity index is 0.00000364. The van der Waals surface area contributed by atoms with E-state index >= 15 is 0 Å². The van der Waals surface area contributed by atoms with E-state index in [-0.39, 0.29) is 43.0 Å². The summed E-state index contributed by atoms with van der Waals surface area (Å²) < 4.78 is 61.3. The molecule has 0 aromatic carbocycles. The van der Waals surface area contributed by atoms with Gasteiger partial charge in [-0.3, -0.25) is 4.99 Å². The number of nitrogens with one attached hydrogen (secondary N) is 1. The number of hydrogen-bond donors (Lipinski definition) is 1. The van der Waals surface area contributed by atoms with E-state index in [0.29, 0.717) is 28.9 Å². The Kier molecular flexibility index (Phi) is 9.96. The summed E-state index contributed by atoms with van der Waals surface area (Å²) in [7, 11) is -3.48. The highest BCUT2D eigenvalue weighted by Gasteiger charge is 2.50. The Morgan fingerprint density at radius 1 is 1.26 bits per heavy atom. The maximum atomic E-state index is 12.6. The number of nitrogens with zero attached hydrogens (tertiary/aromatic N) is 3. The summed E-state index contributed by atoms with van der Waals surface area (Å²) in [5, 5.41) is 3.90. The zero-order valence-electron chi connectivity index (χ0n) is 15.5. The average Bonchev–Trinajstić information content (AvgIpc) is 2.62. The summed E-state index contributed by atoms with van der Waals surface area (Å²) in [5.41, 5.74) is -5.22. The lowest BCUT2D eigenvalue weighted by Crippen LogP contribution is -2.50. The van der Waals surface area contributed by atoms with Crippen molar-refractivity contribution in [2.24, 2.45) is 10.9 Å². The van der Waals surface area contributed by atoms with Crippen LogP contribution >= 0.6 is 35.7 Å². The molecule has 0 aromatic heterocycles. The molecule has 6 nitrogen and oxygen atoms in total. The molecule has 12 heteroatoms. The molecule has 2 rings (SSSR count). The molecule has 2 heterocycles. The summed E-state index contributed by atoms with van der Waals surface area (Å²) in [6.45, 7) is 4.43. The molecular weight excluding hydrogens is 516 g/mol. The van der Waals surface area contributed by atoms with Gasteiger partial charge in [0.25, 0.3) is 0 Å². The van der Waals surface area contributed by atoms with Crippen molar-refractivity contribution in [2.75, 3.05) is 45.5 Å². The van der Waals surface area contributed by atoms with Crippen LogP contribution in [-0.2, 0) is 10.0 Å². The van der Waals surface area contributed by atoms with Gasteiger partial charge in [0, 0.05) is 50.8 Å². The summed E-state index contributed by atoms with van der Waals surface area (Å²) >= 11 is 1.97. The largest absolute Gasteiger partial charge is 0.511 e. The van der Waals surface area contributed by atoms with Gasteiger partial charge in [-0.15, -0.1) is 24.0 Å². The van der Waals surface area contributed by atoms with Crippen LogP contribution in [-0.4, -0.2) is 79.9 Å². The van der Waals surface area contributed by atoms with Crippen LogP contribution in [0.1, 0.15) is 26.2 Å². The fourth-order valence-electron chi connectivity index (χ4n) is 3.23. The van der Waals surface area contributed by atoms with Crippen LogP contribution in [0.5, 0.6) is 0 Å². The molecule has 2 aliphatic rings. The number of hydrogen-bond acceptors (Lipinski definition) is 4. The zero-order valence-corrected chi connectivity index (χ0v) is 19.5. The van der Waals surface area contributed by atoms with Gasteiger partial charge in [0.15, 0.2) is 5.96 Å². The molecule has 160 valence electrons. The summed E-state index contributed by atoms with van der Waals surface area (Å²) in [6.07, 6.45) is 1.92. The monoisotopic (exact) mass is 544 g/mol. The number of sulfonamides is 1. The zero-order chi connectivity index (χ0) is 19.4. The Hall–Kier alpha value is 0.0500. The SMILES string of the molecule is CCC1CN(C(=NC)NCC2CCN(S(=O)(=O)C(F)(F)F)CC2)CCS1.I. The first-order valence-electron chi connectivity index (χ1n) is 8.82. The summed E-state index contributed by atoms with van der Waals surface area (Å²) in [6, 6.07) is 0. The number of rotatable bonds is 4. The van der Waals surface area contributed by atoms with Crippen LogP contribution in [0.25, 0.3) is 0 Å². The van der Waals surface area contributed by atoms with Crippen molar-refractivity contribution < 1.29 is 21.6 Å². The van der Waals surface area contributed by atoms with Crippen LogP contribution in [0, 0.1) is 5.92 Å². The lowest BCUT2D eigenvalue weighted by Gasteiger charge is -2.36. The molecular formula is C15H28F3IN4O2S2. The van der Waals surface area contributed by atoms with E-state index in [1.165, 1.54) is 0 Å². The molecule has 0 bridgehead atoms. The molecule has 1 N–H and O–H groups in total. The maximum Gasteiger partial charge on any atom is 0.511 e. The number of thioether (sulfide) groups is 1. The molecule has 1 atom stereocenters. The van der Waals surface area contributed by atoms with Crippen molar-refractivity contribution in [3.05, 3.63) is 0 Å². The topological polar surface area (TPSA) is 65.0 Å². The van der Waals surface area contributed by atoms with Crippen molar-refractivity contribution in [3.8, 4) is 0 Å². The number of guanidine groups is 1. The van der Waals surface area contributed by atoms with Crippen molar-refractivity contribution in [3.63, 3.8) is 0 Å². The van der Waals surface area contributed by atoms with Crippen LogP contribution < -0.4 is 5.32 Å². The highest BCUT2D eigenvalue weighted by molar-refractivity contribution is 14.0. The van der Waals surface area contributed by atoms with Crippen LogP contribution in [0.2, 0.25) is 0 Å². The predicted molar refractivity (Wildman–Crippen MR) is 114 cm³/mol. The van der Waals surface area contributed by atoms with Gasteiger partial charge in [0.05, 0.1) is 0 Å². The van der Waals surface area contributed by atoms with Crippen molar-refractivity contribution >= 4 is 51.7 Å². The van der Waals surface area contributed by atoms with Crippen LogP contribution in [0.4, 0.5) is 13.2 Å². The van der Waals surface area contributed by atoms with Crippen LogP contribution in [0.15, 0.2) is 4.99 Å². The molecule has 2 fully saturated rings. The molecule has 0 spiro atoms. The Morgan fingerprint density at radius 3 is 2.41 bits per heavy atom. The smallest absolute Gasteiger partial charge is 0.356 e. The van der Waals surface area contributed by atoms with Crippen LogP contribution in [0.3, 0.4) is 0 Å². The third-order valence-electron chi connectivity index (χ3n) is 4.86. The Labute approximate surface area is 180 Å². The third kappa shape index (κ3) is 6.53. The molecule has 1 unspecified atom stereocenters. The van der Waals surface area contributed by atoms with E-state index in [9.17, 15) is 21.6 Å². The van der Waals surface area contributed by atoms with Gasteiger partial charge in [-0.1, -0.05) is 6.92 Å². The number of halogens is 4. The minimum Gasteiger partial charge on any atom is -0.356 e. The molecule has 2 saturated heterocycles. The van der Waals surface area contributed by atoms with E-state index < -0.39 is 15.5 Å². The predicted octanol–water partition coefficient (Wildman–Crippen LogP) is 2.57. The molecule has 0 aromatic rings. The lowest BCUT2D eigenvalue weighted by molar-refractivity contribution is -0.0496. The van der Waals surface area contributed by atoms with Gasteiger partial charge < -0.3 is 10.2 Å². The number of alkyl halides is 3. The van der Waals surface area contributed by atoms with Gasteiger partial charge in [-0.2, -0.15) is 29.2 Å². The second-order valence-electron chi connectivity index (χ2n) is 6.57. The molecule has 2 aliphatic heterocycles. The van der Waals surface area contributed by atoms with Gasteiger partial charge >= 0.3 is 15.5 Å². The van der Waals surface area contributed by atoms with Gasteiger partial charge in [0.1, 0.15) is 0 Å². The second kappa shape index (κ2) is 10.7. The Morgan fingerprint density at radius 2 is 1.89 bits per heavy atom. The van der Waals surface area contributed by atoms with Crippen molar-refractivity contribution in [1.82, 2.24) is 14.5 Å². The normalized spacial score (nSPS) is 23.8. The minimum absolute atomic E-state index is 0. The van der Waals surface area contributed by atoms with E-state index in [2.05, 4.69) is 22.1 Å². The van der Waals surface area contributed by atoms with Gasteiger partial charge in [-0.05, 0) is 25.2 Å². The molecule has 0 radical (unpaired) electrons. The van der Waals surface area contributed by atoms with Crippen molar-refractivity contribution in [1.29, 1.82) is 0 Å². The third-order valence-corrected chi connectivity index (χ3v) is 7.86. The standard InChI is InChI=1S/C15H27F3N4O2S2.HI/c1-3-13-11-21(8-9-25-13)14(19-2)20-10-12-4-6-22(7-5-12)26(23,24)15(16,17)18;/h12-13H,3-11H2,1-2H3,(H,19,20);1H.